The summed E-state index contributed by atoms with van der Waals surface area (Å²) in [6.45, 7) is 8.78. The Morgan fingerprint density at radius 3 is 2.32 bits per heavy atom. The fraction of sp³-hybridized carbons (Fsp3) is 0.552. The molecule has 0 radical (unpaired) electrons. The molecule has 198 valence electrons. The molecule has 0 bridgehead atoms. The number of amides is 3. The van der Waals surface area contributed by atoms with Gasteiger partial charge in [-0.2, -0.15) is 0 Å². The monoisotopic (exact) mass is 507 g/mol. The first-order chi connectivity index (χ1) is 17.6. The van der Waals surface area contributed by atoms with Crippen LogP contribution in [0.4, 0.5) is 0 Å². The number of fused-ring (bicyclic) bond motifs is 2. The number of nitrogens with zero attached hydrogens (tertiary/aromatic N) is 3. The molecule has 1 N–H and O–H groups in total. The third kappa shape index (κ3) is 3.84. The number of aliphatic hydroxyl groups excluding tert-OH is 1. The van der Waals surface area contributed by atoms with Gasteiger partial charge < -0.3 is 24.5 Å². The van der Waals surface area contributed by atoms with Gasteiger partial charge in [-0.25, -0.2) is 0 Å². The summed E-state index contributed by atoms with van der Waals surface area (Å²) in [5.41, 5.74) is -1.77. The highest BCUT2D eigenvalue weighted by molar-refractivity contribution is 6.00. The molecule has 1 spiro atoms. The van der Waals surface area contributed by atoms with Crippen LogP contribution in [0.15, 0.2) is 54.6 Å². The van der Waals surface area contributed by atoms with Crippen molar-refractivity contribution >= 4 is 17.7 Å². The molecule has 2 fully saturated rings. The van der Waals surface area contributed by atoms with Crippen molar-refractivity contribution in [2.45, 2.75) is 63.4 Å². The van der Waals surface area contributed by atoms with E-state index in [0.29, 0.717) is 26.1 Å². The van der Waals surface area contributed by atoms with Gasteiger partial charge in [-0.3, -0.25) is 14.4 Å². The molecule has 0 saturated carbocycles. The summed E-state index contributed by atoms with van der Waals surface area (Å²) in [6, 6.07) is 8.84. The van der Waals surface area contributed by atoms with E-state index in [0.717, 1.165) is 5.56 Å². The van der Waals surface area contributed by atoms with Crippen LogP contribution >= 0.6 is 0 Å². The number of rotatable bonds is 5. The molecule has 5 rings (SSSR count). The summed E-state index contributed by atoms with van der Waals surface area (Å²) in [7, 11) is 0. The van der Waals surface area contributed by atoms with Gasteiger partial charge in [0.15, 0.2) is 0 Å². The summed E-state index contributed by atoms with van der Waals surface area (Å²) < 4.78 is 6.91. The van der Waals surface area contributed by atoms with Crippen molar-refractivity contribution in [3.63, 3.8) is 0 Å². The van der Waals surface area contributed by atoms with Crippen molar-refractivity contribution in [2.75, 3.05) is 26.2 Å². The van der Waals surface area contributed by atoms with Gasteiger partial charge in [0, 0.05) is 31.7 Å². The van der Waals surface area contributed by atoms with E-state index in [1.807, 2.05) is 82.3 Å². The van der Waals surface area contributed by atoms with Gasteiger partial charge in [-0.1, -0.05) is 61.6 Å². The van der Waals surface area contributed by atoms with Crippen LogP contribution in [-0.4, -0.2) is 86.6 Å². The number of hydrogen-bond acceptors (Lipinski definition) is 5. The maximum atomic E-state index is 14.3. The lowest BCUT2D eigenvalue weighted by Crippen LogP contribution is -2.59. The van der Waals surface area contributed by atoms with Gasteiger partial charge in [-0.15, -0.1) is 0 Å². The third-order valence-corrected chi connectivity index (χ3v) is 8.39. The van der Waals surface area contributed by atoms with E-state index >= 15 is 0 Å². The van der Waals surface area contributed by atoms with Crippen molar-refractivity contribution in [3.05, 3.63) is 60.2 Å². The number of carbonyl (C=O) groups is 3. The molecule has 4 aliphatic rings. The second kappa shape index (κ2) is 9.10. The minimum absolute atomic E-state index is 0.00623. The zero-order valence-corrected chi connectivity index (χ0v) is 22.1. The molecule has 3 amide bonds. The lowest BCUT2D eigenvalue weighted by atomic mass is 9.73. The fourth-order valence-electron chi connectivity index (χ4n) is 6.71. The van der Waals surface area contributed by atoms with Crippen molar-refractivity contribution in [1.82, 2.24) is 14.7 Å². The number of hydrogen-bond donors (Lipinski definition) is 1. The SMILES string of the molecule is CC[C@]12C=CCN(Cc3ccccc3)C(=O)[C@H]1[C@H]1C(=O)N(CCO)C3C(=O)N(C(C)(C)C)CC=C[C@@]31O2. The first-order valence-electron chi connectivity index (χ1n) is 13.2. The Kier molecular flexibility index (Phi) is 6.31. The topological polar surface area (TPSA) is 90.4 Å². The highest BCUT2D eigenvalue weighted by Gasteiger charge is 2.75. The van der Waals surface area contributed by atoms with Crippen LogP contribution in [0.2, 0.25) is 0 Å². The van der Waals surface area contributed by atoms with E-state index in [9.17, 15) is 19.5 Å². The molecule has 4 heterocycles. The molecule has 5 atom stereocenters. The molecular formula is C29H37N3O5. The second-order valence-corrected chi connectivity index (χ2v) is 11.5. The van der Waals surface area contributed by atoms with E-state index in [2.05, 4.69) is 0 Å². The fourth-order valence-corrected chi connectivity index (χ4v) is 6.71. The Morgan fingerprint density at radius 2 is 1.68 bits per heavy atom. The van der Waals surface area contributed by atoms with E-state index in [4.69, 9.17) is 4.74 Å². The molecule has 37 heavy (non-hydrogen) atoms. The molecule has 1 aromatic rings. The van der Waals surface area contributed by atoms with Crippen LogP contribution in [-0.2, 0) is 25.7 Å². The molecule has 1 aromatic carbocycles. The van der Waals surface area contributed by atoms with E-state index < -0.39 is 34.6 Å². The van der Waals surface area contributed by atoms with Crippen LogP contribution < -0.4 is 0 Å². The van der Waals surface area contributed by atoms with E-state index in [1.54, 1.807) is 9.80 Å². The van der Waals surface area contributed by atoms with Gasteiger partial charge in [0.05, 0.1) is 24.0 Å². The Bertz CT molecular complexity index is 1140. The predicted octanol–water partition coefficient (Wildman–Crippen LogP) is 2.14. The smallest absolute Gasteiger partial charge is 0.249 e. The lowest BCUT2D eigenvalue weighted by Gasteiger charge is -2.41. The zero-order valence-electron chi connectivity index (χ0n) is 22.1. The molecule has 2 saturated heterocycles. The highest BCUT2D eigenvalue weighted by Crippen LogP contribution is 2.58. The molecule has 0 aromatic heterocycles. The Morgan fingerprint density at radius 1 is 0.973 bits per heavy atom. The van der Waals surface area contributed by atoms with Crippen LogP contribution in [0.5, 0.6) is 0 Å². The van der Waals surface area contributed by atoms with Crippen LogP contribution in [0.3, 0.4) is 0 Å². The number of ether oxygens (including phenoxy) is 1. The minimum atomic E-state index is -1.29. The molecule has 1 unspecified atom stereocenters. The number of aliphatic hydroxyl groups is 1. The Labute approximate surface area is 218 Å². The van der Waals surface area contributed by atoms with Crippen molar-refractivity contribution in [2.24, 2.45) is 11.8 Å². The van der Waals surface area contributed by atoms with E-state index in [-0.39, 0.29) is 30.9 Å². The second-order valence-electron chi connectivity index (χ2n) is 11.5. The third-order valence-electron chi connectivity index (χ3n) is 8.39. The molecule has 0 aliphatic carbocycles. The average Bonchev–Trinajstić information content (AvgIpc) is 3.14. The van der Waals surface area contributed by atoms with Crippen LogP contribution in [0, 0.1) is 11.8 Å². The first-order valence-corrected chi connectivity index (χ1v) is 13.2. The van der Waals surface area contributed by atoms with Crippen molar-refractivity contribution in [3.8, 4) is 0 Å². The number of carbonyl (C=O) groups excluding carboxylic acids is 3. The molecular weight excluding hydrogens is 470 g/mol. The zero-order chi connectivity index (χ0) is 26.6. The summed E-state index contributed by atoms with van der Waals surface area (Å²) in [4.78, 5) is 47.5. The van der Waals surface area contributed by atoms with Gasteiger partial charge in [-0.05, 0) is 32.8 Å². The Hall–Kier alpha value is -2.97. The average molecular weight is 508 g/mol. The molecule has 4 aliphatic heterocycles. The normalized spacial score (nSPS) is 33.4. The van der Waals surface area contributed by atoms with Gasteiger partial charge in [0.25, 0.3) is 0 Å². The van der Waals surface area contributed by atoms with Gasteiger partial charge in [0.2, 0.25) is 17.7 Å². The Balaban J connectivity index is 1.62. The quantitative estimate of drug-likeness (QED) is 0.617. The van der Waals surface area contributed by atoms with Crippen molar-refractivity contribution < 1.29 is 24.2 Å². The maximum absolute atomic E-state index is 14.3. The number of likely N-dealkylation sites (tertiary alicyclic amines) is 1. The molecule has 8 nitrogen and oxygen atoms in total. The predicted molar refractivity (Wildman–Crippen MR) is 138 cm³/mol. The number of β-amino-alcohol motifs (C(OH)–C–C–N with tert-alkyl or cyclic N) is 1. The van der Waals surface area contributed by atoms with Gasteiger partial charge >= 0.3 is 0 Å². The first kappa shape index (κ1) is 25.7. The summed E-state index contributed by atoms with van der Waals surface area (Å²) in [6.07, 6.45) is 8.14. The van der Waals surface area contributed by atoms with Gasteiger partial charge in [0.1, 0.15) is 11.6 Å². The summed E-state index contributed by atoms with van der Waals surface area (Å²) >= 11 is 0. The van der Waals surface area contributed by atoms with Crippen molar-refractivity contribution in [1.29, 1.82) is 0 Å². The number of benzene rings is 1. The summed E-state index contributed by atoms with van der Waals surface area (Å²) in [5, 5.41) is 9.85. The standard InChI is InChI=1S/C29H37N3O5/c1-5-28-13-9-15-30(19-20-11-7-6-8-12-20)24(34)21(28)22-25(35)31(17-18-33)23-26(36)32(27(2,3)4)16-10-14-29(22,23)37-28/h6-14,21-23,33H,5,15-19H2,1-4H3/t21-,22+,23?,28+,29+/m1/s1. The minimum Gasteiger partial charge on any atom is -0.395 e. The van der Waals surface area contributed by atoms with Crippen LogP contribution in [0.1, 0.15) is 39.7 Å². The van der Waals surface area contributed by atoms with E-state index in [1.165, 1.54) is 4.90 Å². The summed E-state index contributed by atoms with van der Waals surface area (Å²) in [5.74, 6) is -2.32. The highest BCUT2D eigenvalue weighted by atomic mass is 16.5. The molecule has 8 heteroatoms. The van der Waals surface area contributed by atoms with Crippen LogP contribution in [0.25, 0.3) is 0 Å². The lowest BCUT2D eigenvalue weighted by molar-refractivity contribution is -0.157. The maximum Gasteiger partial charge on any atom is 0.249 e. The largest absolute Gasteiger partial charge is 0.395 e.